The normalized spacial score (nSPS) is 14.1. The van der Waals surface area contributed by atoms with Gasteiger partial charge < -0.3 is 10.4 Å². The molecule has 0 aliphatic rings. The van der Waals surface area contributed by atoms with Crippen LogP contribution in [0.2, 0.25) is 0 Å². The third-order valence-electron chi connectivity index (χ3n) is 2.22. The Morgan fingerprint density at radius 3 is 2.76 bits per heavy atom. The molecule has 1 aromatic carbocycles. The van der Waals surface area contributed by atoms with E-state index in [1.54, 1.807) is 25.1 Å². The molecule has 1 aromatic rings. The summed E-state index contributed by atoms with van der Waals surface area (Å²) in [6, 6.07) is 6.40. The van der Waals surface area contributed by atoms with Gasteiger partial charge in [-0.1, -0.05) is 12.1 Å². The second kappa shape index (κ2) is 5.88. The van der Waals surface area contributed by atoms with Crippen LogP contribution in [0.15, 0.2) is 24.3 Å². The number of nitro benzene ring substituents is 1. The minimum atomic E-state index is -0.886. The number of benzene rings is 1. The SMILES string of the molecule is CSC[C@@](C)(O)CNc1ccccc1[N+](=O)[O-]. The van der Waals surface area contributed by atoms with Crippen LogP contribution in [-0.2, 0) is 0 Å². The van der Waals surface area contributed by atoms with Crippen molar-refractivity contribution in [1.29, 1.82) is 0 Å². The monoisotopic (exact) mass is 256 g/mol. The quantitative estimate of drug-likeness (QED) is 0.602. The molecule has 0 saturated heterocycles. The number of nitro groups is 1. The Labute approximate surface area is 104 Å². The molecule has 0 saturated carbocycles. The highest BCUT2D eigenvalue weighted by atomic mass is 32.2. The first kappa shape index (κ1) is 13.8. The maximum Gasteiger partial charge on any atom is 0.292 e. The van der Waals surface area contributed by atoms with Gasteiger partial charge in [0, 0.05) is 18.4 Å². The molecule has 0 amide bonds. The minimum Gasteiger partial charge on any atom is -0.387 e. The molecule has 2 N–H and O–H groups in total. The van der Waals surface area contributed by atoms with Gasteiger partial charge in [0.25, 0.3) is 5.69 Å². The zero-order valence-corrected chi connectivity index (χ0v) is 10.7. The van der Waals surface area contributed by atoms with Gasteiger partial charge in [-0.3, -0.25) is 10.1 Å². The van der Waals surface area contributed by atoms with Gasteiger partial charge in [0.1, 0.15) is 5.69 Å². The van der Waals surface area contributed by atoms with E-state index in [0.29, 0.717) is 11.4 Å². The van der Waals surface area contributed by atoms with Crippen molar-refractivity contribution >= 4 is 23.1 Å². The van der Waals surface area contributed by atoms with E-state index in [-0.39, 0.29) is 12.2 Å². The van der Waals surface area contributed by atoms with E-state index in [1.165, 1.54) is 17.8 Å². The molecule has 0 spiro atoms. The molecule has 1 rings (SSSR count). The fourth-order valence-corrected chi connectivity index (χ4v) is 2.15. The summed E-state index contributed by atoms with van der Waals surface area (Å²) in [5, 5.41) is 23.6. The van der Waals surface area contributed by atoms with Crippen molar-refractivity contribution in [2.75, 3.05) is 23.9 Å². The van der Waals surface area contributed by atoms with Crippen molar-refractivity contribution in [3.8, 4) is 0 Å². The molecule has 5 nitrogen and oxygen atoms in total. The molecule has 1 atom stereocenters. The Balaban J connectivity index is 2.72. The molecule has 0 aromatic heterocycles. The molecule has 0 unspecified atom stereocenters. The maximum absolute atomic E-state index is 10.8. The Kier molecular flexibility index (Phi) is 4.77. The van der Waals surface area contributed by atoms with Crippen LogP contribution in [0.5, 0.6) is 0 Å². The first-order valence-electron chi connectivity index (χ1n) is 5.15. The predicted molar refractivity (Wildman–Crippen MR) is 70.6 cm³/mol. The predicted octanol–water partition coefficient (Wildman–Crippen LogP) is 2.12. The van der Waals surface area contributed by atoms with Gasteiger partial charge in [0.15, 0.2) is 0 Å². The lowest BCUT2D eigenvalue weighted by Crippen LogP contribution is -2.36. The Bertz CT molecular complexity index is 396. The lowest BCUT2D eigenvalue weighted by Gasteiger charge is -2.23. The van der Waals surface area contributed by atoms with E-state index in [2.05, 4.69) is 5.32 Å². The molecule has 17 heavy (non-hydrogen) atoms. The standard InChI is InChI=1S/C11H16N2O3S/c1-11(14,8-17-2)7-12-9-5-3-4-6-10(9)13(15)16/h3-6,12,14H,7-8H2,1-2H3/t11-/m0/s1. The van der Waals surface area contributed by atoms with Gasteiger partial charge in [-0.05, 0) is 19.2 Å². The van der Waals surface area contributed by atoms with Crippen LogP contribution in [-0.4, -0.2) is 34.2 Å². The number of aliphatic hydroxyl groups is 1. The summed E-state index contributed by atoms with van der Waals surface area (Å²) >= 11 is 1.53. The lowest BCUT2D eigenvalue weighted by atomic mass is 10.1. The van der Waals surface area contributed by atoms with E-state index in [0.717, 1.165) is 0 Å². The zero-order valence-electron chi connectivity index (χ0n) is 9.84. The van der Waals surface area contributed by atoms with Crippen LogP contribution in [0, 0.1) is 10.1 Å². The summed E-state index contributed by atoms with van der Waals surface area (Å²) in [5.41, 5.74) is -0.435. The van der Waals surface area contributed by atoms with E-state index < -0.39 is 10.5 Å². The Hall–Kier alpha value is -1.27. The van der Waals surface area contributed by atoms with Crippen molar-refractivity contribution < 1.29 is 10.0 Å². The molecule has 0 heterocycles. The zero-order chi connectivity index (χ0) is 12.9. The number of hydrogen-bond donors (Lipinski definition) is 2. The van der Waals surface area contributed by atoms with Gasteiger partial charge in [-0.25, -0.2) is 0 Å². The van der Waals surface area contributed by atoms with Gasteiger partial charge in [-0.2, -0.15) is 11.8 Å². The highest BCUT2D eigenvalue weighted by Gasteiger charge is 2.21. The maximum atomic E-state index is 10.8. The molecule has 0 aliphatic carbocycles. The number of hydrogen-bond acceptors (Lipinski definition) is 5. The summed E-state index contributed by atoms with van der Waals surface area (Å²) in [6.07, 6.45) is 1.90. The van der Waals surface area contributed by atoms with Crippen LogP contribution in [0.1, 0.15) is 6.92 Å². The molecule has 94 valence electrons. The van der Waals surface area contributed by atoms with Crippen molar-refractivity contribution in [2.45, 2.75) is 12.5 Å². The first-order chi connectivity index (χ1) is 7.96. The number of thioether (sulfide) groups is 1. The van der Waals surface area contributed by atoms with Gasteiger partial charge >= 0.3 is 0 Å². The van der Waals surface area contributed by atoms with Crippen LogP contribution >= 0.6 is 11.8 Å². The molecule has 0 radical (unpaired) electrons. The fraction of sp³-hybridized carbons (Fsp3) is 0.455. The van der Waals surface area contributed by atoms with Crippen LogP contribution in [0.25, 0.3) is 0 Å². The summed E-state index contributed by atoms with van der Waals surface area (Å²) in [6.45, 7) is 1.98. The highest BCUT2D eigenvalue weighted by Crippen LogP contribution is 2.24. The molecule has 0 bridgehead atoms. The third-order valence-corrected chi connectivity index (χ3v) is 3.13. The average Bonchev–Trinajstić information content (AvgIpc) is 2.27. The highest BCUT2D eigenvalue weighted by molar-refractivity contribution is 7.98. The summed E-state index contributed by atoms with van der Waals surface area (Å²) < 4.78 is 0. The molecule has 0 aliphatic heterocycles. The number of anilines is 1. The molecule has 0 fully saturated rings. The van der Waals surface area contributed by atoms with Crippen molar-refractivity contribution in [2.24, 2.45) is 0 Å². The minimum absolute atomic E-state index is 0.0208. The molecule has 6 heteroatoms. The summed E-state index contributed by atoms with van der Waals surface area (Å²) in [4.78, 5) is 10.3. The van der Waals surface area contributed by atoms with Gasteiger partial charge in [-0.15, -0.1) is 0 Å². The van der Waals surface area contributed by atoms with E-state index in [1.807, 2.05) is 6.26 Å². The number of nitrogens with one attached hydrogen (secondary N) is 1. The lowest BCUT2D eigenvalue weighted by molar-refractivity contribution is -0.384. The van der Waals surface area contributed by atoms with Crippen LogP contribution in [0.3, 0.4) is 0 Å². The van der Waals surface area contributed by atoms with Crippen LogP contribution < -0.4 is 5.32 Å². The van der Waals surface area contributed by atoms with Crippen molar-refractivity contribution in [3.63, 3.8) is 0 Å². The average molecular weight is 256 g/mol. The van der Waals surface area contributed by atoms with Gasteiger partial charge in [0.05, 0.1) is 10.5 Å². The second-order valence-electron chi connectivity index (χ2n) is 4.06. The fourth-order valence-electron chi connectivity index (χ4n) is 1.43. The van der Waals surface area contributed by atoms with E-state index >= 15 is 0 Å². The summed E-state index contributed by atoms with van der Waals surface area (Å²) in [5.74, 6) is 0.570. The topological polar surface area (TPSA) is 75.4 Å². The first-order valence-corrected chi connectivity index (χ1v) is 6.54. The van der Waals surface area contributed by atoms with Crippen molar-refractivity contribution in [3.05, 3.63) is 34.4 Å². The number of nitrogens with zero attached hydrogens (tertiary/aromatic N) is 1. The second-order valence-corrected chi connectivity index (χ2v) is 4.92. The number of para-hydroxylation sites is 2. The Morgan fingerprint density at radius 1 is 1.53 bits per heavy atom. The summed E-state index contributed by atoms with van der Waals surface area (Å²) in [7, 11) is 0. The van der Waals surface area contributed by atoms with E-state index in [9.17, 15) is 15.2 Å². The smallest absolute Gasteiger partial charge is 0.292 e. The van der Waals surface area contributed by atoms with E-state index in [4.69, 9.17) is 0 Å². The molecular formula is C11H16N2O3S. The van der Waals surface area contributed by atoms with Crippen molar-refractivity contribution in [1.82, 2.24) is 0 Å². The largest absolute Gasteiger partial charge is 0.387 e. The third kappa shape index (κ3) is 4.24. The number of rotatable bonds is 6. The Morgan fingerprint density at radius 2 is 2.18 bits per heavy atom. The van der Waals surface area contributed by atoms with Gasteiger partial charge in [0.2, 0.25) is 0 Å². The van der Waals surface area contributed by atoms with Crippen LogP contribution in [0.4, 0.5) is 11.4 Å². The molecular weight excluding hydrogens is 240 g/mol.